The second-order valence-corrected chi connectivity index (χ2v) is 6.59. The molecule has 1 aromatic rings. The van der Waals surface area contributed by atoms with E-state index in [1.807, 2.05) is 6.07 Å². The smallest absolute Gasteiger partial charge is 0.127 e. The molecule has 0 heterocycles. The Kier molecular flexibility index (Phi) is 4.44. The second kappa shape index (κ2) is 5.70. The third kappa shape index (κ3) is 3.55. The monoisotopic (exact) mass is 314 g/mol. The van der Waals surface area contributed by atoms with Crippen LogP contribution < -0.4 is 0 Å². The van der Waals surface area contributed by atoms with Gasteiger partial charge in [0.05, 0.1) is 5.60 Å². The first kappa shape index (κ1) is 14.0. The highest BCUT2D eigenvalue weighted by atomic mass is 79.9. The molecule has 0 aromatic heterocycles. The van der Waals surface area contributed by atoms with Gasteiger partial charge in [-0.2, -0.15) is 0 Å². The molecule has 1 nitrogen and oxygen atoms in total. The van der Waals surface area contributed by atoms with E-state index in [9.17, 15) is 9.50 Å². The van der Waals surface area contributed by atoms with E-state index >= 15 is 0 Å². The van der Waals surface area contributed by atoms with Gasteiger partial charge < -0.3 is 5.11 Å². The molecule has 1 saturated carbocycles. The zero-order chi connectivity index (χ0) is 13.2. The molecule has 2 atom stereocenters. The van der Waals surface area contributed by atoms with E-state index in [1.54, 1.807) is 6.07 Å². The molecule has 1 aliphatic carbocycles. The van der Waals surface area contributed by atoms with Crippen molar-refractivity contribution in [3.05, 3.63) is 34.1 Å². The summed E-state index contributed by atoms with van der Waals surface area (Å²) in [6.45, 7) is 2.23. The number of benzene rings is 1. The lowest BCUT2D eigenvalue weighted by Gasteiger charge is -2.27. The zero-order valence-corrected chi connectivity index (χ0v) is 12.3. The Morgan fingerprint density at radius 3 is 2.89 bits per heavy atom. The Morgan fingerprint density at radius 1 is 1.39 bits per heavy atom. The normalized spacial score (nSPS) is 29.0. The summed E-state index contributed by atoms with van der Waals surface area (Å²) >= 11 is 3.25. The van der Waals surface area contributed by atoms with Gasteiger partial charge in [-0.25, -0.2) is 4.39 Å². The van der Waals surface area contributed by atoms with Crippen molar-refractivity contribution < 1.29 is 9.50 Å². The number of rotatable bonds is 2. The van der Waals surface area contributed by atoms with Crippen molar-refractivity contribution in [1.82, 2.24) is 0 Å². The van der Waals surface area contributed by atoms with E-state index in [0.717, 1.165) is 30.2 Å². The Labute approximate surface area is 117 Å². The van der Waals surface area contributed by atoms with Gasteiger partial charge >= 0.3 is 0 Å². The Bertz CT molecular complexity index is 421. The van der Waals surface area contributed by atoms with Crippen molar-refractivity contribution in [2.24, 2.45) is 5.92 Å². The third-order valence-electron chi connectivity index (χ3n) is 3.98. The molecular weight excluding hydrogens is 295 g/mol. The lowest BCUT2D eigenvalue weighted by atomic mass is 9.87. The van der Waals surface area contributed by atoms with Crippen LogP contribution in [-0.4, -0.2) is 10.7 Å². The van der Waals surface area contributed by atoms with Crippen LogP contribution in [0.25, 0.3) is 0 Å². The molecule has 1 fully saturated rings. The predicted molar refractivity (Wildman–Crippen MR) is 75.0 cm³/mol. The van der Waals surface area contributed by atoms with Crippen LogP contribution in [-0.2, 0) is 6.42 Å². The van der Waals surface area contributed by atoms with E-state index < -0.39 is 5.60 Å². The van der Waals surface area contributed by atoms with Gasteiger partial charge in [-0.05, 0) is 42.9 Å². The van der Waals surface area contributed by atoms with Gasteiger partial charge in [0.2, 0.25) is 0 Å². The van der Waals surface area contributed by atoms with Crippen LogP contribution in [0.3, 0.4) is 0 Å². The SMILES string of the molecule is CC1CCCC(O)(Cc2ccc(Br)cc2F)CC1. The molecule has 1 aliphatic rings. The highest BCUT2D eigenvalue weighted by Crippen LogP contribution is 2.33. The highest BCUT2D eigenvalue weighted by Gasteiger charge is 2.30. The molecule has 0 bridgehead atoms. The summed E-state index contributed by atoms with van der Waals surface area (Å²) < 4.78 is 14.6. The highest BCUT2D eigenvalue weighted by molar-refractivity contribution is 9.10. The summed E-state index contributed by atoms with van der Waals surface area (Å²) in [5, 5.41) is 10.6. The van der Waals surface area contributed by atoms with Crippen LogP contribution in [0.2, 0.25) is 0 Å². The molecule has 0 aliphatic heterocycles. The summed E-state index contributed by atoms with van der Waals surface area (Å²) in [5.41, 5.74) is -0.102. The molecule has 3 heteroatoms. The van der Waals surface area contributed by atoms with Gasteiger partial charge in [-0.3, -0.25) is 0 Å². The zero-order valence-electron chi connectivity index (χ0n) is 10.8. The molecule has 1 aromatic carbocycles. The van der Waals surface area contributed by atoms with Crippen molar-refractivity contribution in [3.63, 3.8) is 0 Å². The summed E-state index contributed by atoms with van der Waals surface area (Å²) in [6.07, 6.45) is 5.24. The van der Waals surface area contributed by atoms with Crippen LogP contribution in [0.5, 0.6) is 0 Å². The molecule has 1 N–H and O–H groups in total. The minimum Gasteiger partial charge on any atom is -0.390 e. The largest absolute Gasteiger partial charge is 0.390 e. The van der Waals surface area contributed by atoms with Crippen LogP contribution in [0, 0.1) is 11.7 Å². The fourth-order valence-electron chi connectivity index (χ4n) is 2.76. The van der Waals surface area contributed by atoms with Crippen molar-refractivity contribution in [3.8, 4) is 0 Å². The maximum atomic E-state index is 13.8. The van der Waals surface area contributed by atoms with Gasteiger partial charge in [0, 0.05) is 10.9 Å². The van der Waals surface area contributed by atoms with E-state index in [0.29, 0.717) is 17.9 Å². The number of hydrogen-bond acceptors (Lipinski definition) is 1. The summed E-state index contributed by atoms with van der Waals surface area (Å²) in [5.74, 6) is 0.448. The maximum Gasteiger partial charge on any atom is 0.127 e. The second-order valence-electron chi connectivity index (χ2n) is 5.67. The van der Waals surface area contributed by atoms with Crippen molar-refractivity contribution in [2.45, 2.75) is 51.0 Å². The number of hydrogen-bond donors (Lipinski definition) is 1. The van der Waals surface area contributed by atoms with E-state index in [2.05, 4.69) is 22.9 Å². The van der Waals surface area contributed by atoms with Gasteiger partial charge in [0.25, 0.3) is 0 Å². The minimum absolute atomic E-state index is 0.227. The van der Waals surface area contributed by atoms with Gasteiger partial charge in [-0.15, -0.1) is 0 Å². The molecule has 0 saturated heterocycles. The fourth-order valence-corrected chi connectivity index (χ4v) is 3.09. The summed E-state index contributed by atoms with van der Waals surface area (Å²) in [4.78, 5) is 0. The van der Waals surface area contributed by atoms with Crippen LogP contribution in [0.1, 0.15) is 44.6 Å². The Morgan fingerprint density at radius 2 is 2.17 bits per heavy atom. The van der Waals surface area contributed by atoms with Crippen LogP contribution in [0.4, 0.5) is 4.39 Å². The summed E-state index contributed by atoms with van der Waals surface area (Å²) in [7, 11) is 0. The first-order chi connectivity index (χ1) is 8.48. The molecule has 0 spiro atoms. The first-order valence-corrected chi connectivity index (χ1v) is 7.44. The maximum absolute atomic E-state index is 13.8. The molecule has 2 unspecified atom stereocenters. The molecular formula is C15H20BrFO. The van der Waals surface area contributed by atoms with Gasteiger partial charge in [-0.1, -0.05) is 41.8 Å². The Hall–Kier alpha value is -0.410. The average molecular weight is 315 g/mol. The molecule has 0 amide bonds. The number of halogens is 2. The van der Waals surface area contributed by atoms with Crippen LogP contribution >= 0.6 is 15.9 Å². The molecule has 100 valence electrons. The standard InChI is InChI=1S/C15H20BrFO/c1-11-3-2-7-15(18,8-6-11)10-12-4-5-13(16)9-14(12)17/h4-5,9,11,18H,2-3,6-8,10H2,1H3. The van der Waals surface area contributed by atoms with Gasteiger partial charge in [0.1, 0.15) is 5.82 Å². The minimum atomic E-state index is -0.723. The molecule has 18 heavy (non-hydrogen) atoms. The number of aliphatic hydroxyl groups is 1. The topological polar surface area (TPSA) is 20.2 Å². The van der Waals surface area contributed by atoms with Gasteiger partial charge in [0.15, 0.2) is 0 Å². The van der Waals surface area contributed by atoms with E-state index in [-0.39, 0.29) is 5.82 Å². The quantitative estimate of drug-likeness (QED) is 0.799. The predicted octanol–water partition coefficient (Wildman–Crippen LogP) is 4.46. The summed E-state index contributed by atoms with van der Waals surface area (Å²) in [6, 6.07) is 5.07. The fraction of sp³-hybridized carbons (Fsp3) is 0.600. The third-order valence-corrected chi connectivity index (χ3v) is 4.47. The van der Waals surface area contributed by atoms with E-state index in [1.165, 1.54) is 12.5 Å². The van der Waals surface area contributed by atoms with Crippen LogP contribution in [0.15, 0.2) is 22.7 Å². The van der Waals surface area contributed by atoms with Crippen molar-refractivity contribution >= 4 is 15.9 Å². The van der Waals surface area contributed by atoms with E-state index in [4.69, 9.17) is 0 Å². The molecule has 2 rings (SSSR count). The lowest BCUT2D eigenvalue weighted by molar-refractivity contribution is 0.0236. The molecule has 0 radical (unpaired) electrons. The van der Waals surface area contributed by atoms with Crippen molar-refractivity contribution in [2.75, 3.05) is 0 Å². The Balaban J connectivity index is 2.11. The first-order valence-electron chi connectivity index (χ1n) is 6.65. The lowest BCUT2D eigenvalue weighted by Crippen LogP contribution is -2.31. The van der Waals surface area contributed by atoms with Crippen molar-refractivity contribution in [1.29, 1.82) is 0 Å². The average Bonchev–Trinajstić information content (AvgIpc) is 2.46.